The molecule has 1 aromatic heterocycles. The molecule has 1 fully saturated rings. The molecule has 2 rings (SSSR count). The minimum absolute atomic E-state index is 0.238. The molecule has 0 bridgehead atoms. The predicted molar refractivity (Wildman–Crippen MR) is 53.8 cm³/mol. The molecule has 2 atom stereocenters. The largest absolute Gasteiger partial charge is 0.264 e. The number of aromatic nitrogens is 1. The Morgan fingerprint density at radius 3 is 3.08 bits per heavy atom. The quantitative estimate of drug-likeness (QED) is 0.686. The van der Waals surface area contributed by atoms with Crippen LogP contribution in [0.5, 0.6) is 0 Å². The highest BCUT2D eigenvalue weighted by Crippen LogP contribution is 2.29. The van der Waals surface area contributed by atoms with Crippen molar-refractivity contribution in [1.29, 1.82) is 0 Å². The van der Waals surface area contributed by atoms with Crippen molar-refractivity contribution in [2.45, 2.75) is 24.5 Å². The summed E-state index contributed by atoms with van der Waals surface area (Å²) in [5, 5.41) is 0.238. The second-order valence-corrected chi connectivity index (χ2v) is 5.09. The molecule has 13 heavy (non-hydrogen) atoms. The third kappa shape index (κ3) is 1.97. The Balaban J connectivity index is 2.20. The van der Waals surface area contributed by atoms with Gasteiger partial charge in [0.1, 0.15) is 0 Å². The van der Waals surface area contributed by atoms with Crippen molar-refractivity contribution in [2.24, 2.45) is 0 Å². The number of pyridine rings is 1. The van der Waals surface area contributed by atoms with Gasteiger partial charge >= 0.3 is 0 Å². The van der Waals surface area contributed by atoms with E-state index in [2.05, 4.69) is 4.98 Å². The minimum Gasteiger partial charge on any atom is -0.264 e. The third-order valence-corrected chi connectivity index (χ3v) is 4.27. The number of rotatable bonds is 1. The lowest BCUT2D eigenvalue weighted by molar-refractivity contribution is 0.618. The molecule has 2 nitrogen and oxygen atoms in total. The molecule has 0 saturated carbocycles. The van der Waals surface area contributed by atoms with E-state index in [9.17, 15) is 4.21 Å². The molecule has 1 aliphatic heterocycles. The van der Waals surface area contributed by atoms with Crippen LogP contribution in [-0.4, -0.2) is 14.9 Å². The summed E-state index contributed by atoms with van der Waals surface area (Å²) in [6.07, 6.45) is 6.97. The normalized spacial score (nSPS) is 28.6. The highest BCUT2D eigenvalue weighted by molar-refractivity contribution is 7.85. The first-order valence-corrected chi connectivity index (χ1v) is 6.03. The van der Waals surface area contributed by atoms with Gasteiger partial charge in [-0.15, -0.1) is 0 Å². The lowest BCUT2D eigenvalue weighted by atomic mass is 10.1. The lowest BCUT2D eigenvalue weighted by Crippen LogP contribution is -2.15. The fraction of sp³-hybridized carbons (Fsp3) is 0.500. The average Bonchev–Trinajstić information content (AvgIpc) is 2.20. The Bertz CT molecular complexity index is 299. The van der Waals surface area contributed by atoms with Crippen molar-refractivity contribution < 1.29 is 4.21 Å². The summed E-state index contributed by atoms with van der Waals surface area (Å²) >= 11 is 0. The Kier molecular flexibility index (Phi) is 2.74. The van der Waals surface area contributed by atoms with Crippen LogP contribution in [0.1, 0.15) is 30.1 Å². The van der Waals surface area contributed by atoms with E-state index in [-0.39, 0.29) is 5.25 Å². The lowest BCUT2D eigenvalue weighted by Gasteiger charge is -2.20. The zero-order valence-electron chi connectivity index (χ0n) is 7.48. The highest BCUT2D eigenvalue weighted by Gasteiger charge is 2.22. The van der Waals surface area contributed by atoms with E-state index in [1.807, 2.05) is 18.3 Å². The van der Waals surface area contributed by atoms with Gasteiger partial charge in [0.15, 0.2) is 0 Å². The Morgan fingerprint density at radius 2 is 2.38 bits per heavy atom. The third-order valence-electron chi connectivity index (χ3n) is 2.44. The number of hydrogen-bond acceptors (Lipinski definition) is 2. The van der Waals surface area contributed by atoms with Gasteiger partial charge in [0.05, 0.1) is 5.25 Å². The van der Waals surface area contributed by atoms with Crippen molar-refractivity contribution in [3.05, 3.63) is 30.1 Å². The molecule has 0 aliphatic carbocycles. The van der Waals surface area contributed by atoms with Gasteiger partial charge in [-0.3, -0.25) is 9.19 Å². The molecule has 0 radical (unpaired) electrons. The maximum atomic E-state index is 11.7. The van der Waals surface area contributed by atoms with Crippen molar-refractivity contribution in [3.8, 4) is 0 Å². The number of nitrogens with zero attached hydrogens (tertiary/aromatic N) is 1. The van der Waals surface area contributed by atoms with Crippen LogP contribution in [-0.2, 0) is 10.8 Å². The smallest absolute Gasteiger partial charge is 0.0612 e. The van der Waals surface area contributed by atoms with Crippen molar-refractivity contribution in [2.75, 3.05) is 5.75 Å². The standard InChI is InChI=1S/C10H13NOS/c12-13-7-2-1-5-10(13)9-4-3-6-11-8-9/h3-4,6,8,10H,1-2,5,7H2/t10-,13-/m1/s1. The van der Waals surface area contributed by atoms with Gasteiger partial charge in [-0.1, -0.05) is 12.5 Å². The SMILES string of the molecule is O=[S@@]1CCCC[C@@H]1c1cccnc1. The second-order valence-electron chi connectivity index (χ2n) is 3.36. The van der Waals surface area contributed by atoms with Gasteiger partial charge < -0.3 is 0 Å². The average molecular weight is 195 g/mol. The molecule has 1 aromatic rings. The molecule has 1 aliphatic rings. The van der Waals surface area contributed by atoms with Gasteiger partial charge in [-0.25, -0.2) is 0 Å². The van der Waals surface area contributed by atoms with Crippen LogP contribution in [0, 0.1) is 0 Å². The van der Waals surface area contributed by atoms with E-state index < -0.39 is 10.8 Å². The molecular weight excluding hydrogens is 182 g/mol. The first-order chi connectivity index (χ1) is 6.38. The molecule has 0 aromatic carbocycles. The van der Waals surface area contributed by atoms with Crippen LogP contribution in [0.4, 0.5) is 0 Å². The molecule has 0 amide bonds. The van der Waals surface area contributed by atoms with Gasteiger partial charge in [-0.05, 0) is 24.5 Å². The molecule has 0 N–H and O–H groups in total. The maximum Gasteiger partial charge on any atom is 0.0612 e. The summed E-state index contributed by atoms with van der Waals surface area (Å²) < 4.78 is 11.7. The molecule has 0 spiro atoms. The topological polar surface area (TPSA) is 30.0 Å². The van der Waals surface area contributed by atoms with Crippen molar-refractivity contribution in [1.82, 2.24) is 4.98 Å². The van der Waals surface area contributed by atoms with Crippen molar-refractivity contribution >= 4 is 10.8 Å². The first kappa shape index (κ1) is 8.88. The zero-order chi connectivity index (χ0) is 9.10. The second kappa shape index (κ2) is 4.01. The summed E-state index contributed by atoms with van der Waals surface area (Å²) in [5.74, 6) is 0.861. The van der Waals surface area contributed by atoms with Crippen LogP contribution in [0.25, 0.3) is 0 Å². The van der Waals surface area contributed by atoms with Gasteiger partial charge in [-0.2, -0.15) is 0 Å². The van der Waals surface area contributed by atoms with Crippen LogP contribution in [0.3, 0.4) is 0 Å². The van der Waals surface area contributed by atoms with E-state index in [0.29, 0.717) is 0 Å². The molecule has 2 heterocycles. The Hall–Kier alpha value is -0.700. The van der Waals surface area contributed by atoms with E-state index in [4.69, 9.17) is 0 Å². The summed E-state index contributed by atoms with van der Waals surface area (Å²) in [5.41, 5.74) is 1.14. The van der Waals surface area contributed by atoms with Gasteiger partial charge in [0, 0.05) is 28.9 Å². The fourth-order valence-corrected chi connectivity index (χ4v) is 3.38. The van der Waals surface area contributed by atoms with Gasteiger partial charge in [0.25, 0.3) is 0 Å². The zero-order valence-corrected chi connectivity index (χ0v) is 8.30. The minimum atomic E-state index is -0.669. The molecule has 70 valence electrons. The van der Waals surface area contributed by atoms with E-state index in [1.54, 1.807) is 6.20 Å². The van der Waals surface area contributed by atoms with Crippen LogP contribution in [0.15, 0.2) is 24.5 Å². The molecule has 0 unspecified atom stereocenters. The monoisotopic (exact) mass is 195 g/mol. The highest BCUT2D eigenvalue weighted by atomic mass is 32.2. The molecule has 3 heteroatoms. The first-order valence-electron chi connectivity index (χ1n) is 4.65. The summed E-state index contributed by atoms with van der Waals surface area (Å²) in [6.45, 7) is 0. The summed E-state index contributed by atoms with van der Waals surface area (Å²) in [4.78, 5) is 4.06. The van der Waals surface area contributed by atoms with Crippen molar-refractivity contribution in [3.63, 3.8) is 0 Å². The number of hydrogen-bond donors (Lipinski definition) is 0. The van der Waals surface area contributed by atoms with Crippen LogP contribution < -0.4 is 0 Å². The fourth-order valence-electron chi connectivity index (χ4n) is 1.73. The molecule has 1 saturated heterocycles. The van der Waals surface area contributed by atoms with Crippen LogP contribution in [0.2, 0.25) is 0 Å². The Morgan fingerprint density at radius 1 is 1.46 bits per heavy atom. The van der Waals surface area contributed by atoms with E-state index in [0.717, 1.165) is 24.2 Å². The predicted octanol–water partition coefficient (Wildman–Crippen LogP) is 2.06. The Labute approximate surface area is 80.8 Å². The summed E-state index contributed by atoms with van der Waals surface area (Å²) in [7, 11) is -0.669. The van der Waals surface area contributed by atoms with Crippen LogP contribution >= 0.6 is 0 Å². The maximum absolute atomic E-state index is 11.7. The van der Waals surface area contributed by atoms with Gasteiger partial charge in [0.2, 0.25) is 0 Å². The summed E-state index contributed by atoms with van der Waals surface area (Å²) in [6, 6.07) is 3.95. The molecular formula is C10H13NOS. The van der Waals surface area contributed by atoms with E-state index in [1.165, 1.54) is 6.42 Å². The van der Waals surface area contributed by atoms with E-state index >= 15 is 0 Å².